The molecule has 21 heavy (non-hydrogen) atoms. The van der Waals surface area contributed by atoms with Crippen LogP contribution in [0.5, 0.6) is 0 Å². The van der Waals surface area contributed by atoms with E-state index in [1.54, 1.807) is 11.8 Å². The van der Waals surface area contributed by atoms with E-state index in [1.807, 2.05) is 38.1 Å². The van der Waals surface area contributed by atoms with E-state index in [1.165, 1.54) is 0 Å². The molecule has 1 aromatic rings. The highest BCUT2D eigenvalue weighted by Crippen LogP contribution is 2.15. The molecule has 5 heteroatoms. The van der Waals surface area contributed by atoms with Gasteiger partial charge in [-0.3, -0.25) is 9.59 Å². The monoisotopic (exact) mass is 354 g/mol. The van der Waals surface area contributed by atoms with Crippen molar-refractivity contribution in [1.82, 2.24) is 10.2 Å². The molecule has 2 amide bonds. The first kappa shape index (κ1) is 17.7. The molecule has 0 aliphatic carbocycles. The number of hydrogen-bond donors (Lipinski definition) is 1. The molecule has 0 saturated carbocycles. The molecule has 116 valence electrons. The molecule has 1 rings (SSSR count). The van der Waals surface area contributed by atoms with Crippen molar-refractivity contribution in [3.63, 3.8) is 0 Å². The van der Waals surface area contributed by atoms with Crippen LogP contribution in [-0.2, 0) is 16.1 Å². The van der Waals surface area contributed by atoms with E-state index in [-0.39, 0.29) is 11.8 Å². The summed E-state index contributed by atoms with van der Waals surface area (Å²) >= 11 is 3.42. The number of rotatable bonds is 7. The predicted molar refractivity (Wildman–Crippen MR) is 87.7 cm³/mol. The highest BCUT2D eigenvalue weighted by atomic mass is 79.9. The molecule has 0 spiro atoms. The van der Waals surface area contributed by atoms with Crippen LogP contribution in [0.4, 0.5) is 0 Å². The van der Waals surface area contributed by atoms with Gasteiger partial charge in [0.2, 0.25) is 11.8 Å². The van der Waals surface area contributed by atoms with Crippen molar-refractivity contribution < 1.29 is 9.59 Å². The van der Waals surface area contributed by atoms with Gasteiger partial charge < -0.3 is 10.2 Å². The molecule has 0 fully saturated rings. The second-order valence-corrected chi connectivity index (χ2v) is 5.89. The Kier molecular flexibility index (Phi) is 7.43. The average molecular weight is 355 g/mol. The second-order valence-electron chi connectivity index (χ2n) is 4.97. The van der Waals surface area contributed by atoms with Crippen LogP contribution in [0.25, 0.3) is 0 Å². The molecule has 0 aliphatic rings. The van der Waals surface area contributed by atoms with Crippen molar-refractivity contribution in [3.05, 3.63) is 34.3 Å². The number of benzene rings is 1. The average Bonchev–Trinajstić information content (AvgIpc) is 2.48. The van der Waals surface area contributed by atoms with Crippen molar-refractivity contribution in [2.75, 3.05) is 6.54 Å². The fourth-order valence-electron chi connectivity index (χ4n) is 2.01. The summed E-state index contributed by atoms with van der Waals surface area (Å²) in [6, 6.07) is 7.31. The van der Waals surface area contributed by atoms with Crippen LogP contribution in [0.15, 0.2) is 28.7 Å². The second kappa shape index (κ2) is 8.82. The van der Waals surface area contributed by atoms with Crippen molar-refractivity contribution in [2.24, 2.45) is 0 Å². The molecule has 0 radical (unpaired) electrons. The zero-order valence-electron chi connectivity index (χ0n) is 12.9. The maximum absolute atomic E-state index is 12.2. The molecule has 0 unspecified atom stereocenters. The van der Waals surface area contributed by atoms with Gasteiger partial charge in [0, 0.05) is 24.0 Å². The van der Waals surface area contributed by atoms with E-state index in [4.69, 9.17) is 0 Å². The summed E-state index contributed by atoms with van der Waals surface area (Å²) in [5, 5.41) is 2.85. The Morgan fingerprint density at radius 1 is 1.33 bits per heavy atom. The molecule has 1 aromatic carbocycles. The minimum atomic E-state index is -0.469. The van der Waals surface area contributed by atoms with Crippen LogP contribution >= 0.6 is 15.9 Å². The van der Waals surface area contributed by atoms with Crippen LogP contribution in [0, 0.1) is 0 Å². The summed E-state index contributed by atoms with van der Waals surface area (Å²) in [5.41, 5.74) is 1.00. The number of nitrogens with zero attached hydrogens (tertiary/aromatic N) is 1. The molecule has 0 aromatic heterocycles. The summed E-state index contributed by atoms with van der Waals surface area (Å²) in [7, 11) is 0. The number of nitrogens with one attached hydrogen (secondary N) is 1. The third-order valence-corrected chi connectivity index (χ3v) is 3.75. The zero-order chi connectivity index (χ0) is 15.8. The van der Waals surface area contributed by atoms with Gasteiger partial charge >= 0.3 is 0 Å². The number of amides is 2. The highest BCUT2D eigenvalue weighted by Gasteiger charge is 2.24. The fraction of sp³-hybridized carbons (Fsp3) is 0.500. The van der Waals surface area contributed by atoms with Crippen molar-refractivity contribution >= 4 is 27.7 Å². The first-order chi connectivity index (χ1) is 9.99. The molecule has 0 heterocycles. The standard InChI is InChI=1S/C16H23BrN2O2/c1-4-9-18-16(21)12(3)19(15(20)5-2)11-13-7-6-8-14(17)10-13/h6-8,10,12H,4-5,9,11H2,1-3H3,(H,18,21)/t12-/m1/s1. The Labute approximate surface area is 135 Å². The van der Waals surface area contributed by atoms with Gasteiger partial charge in [-0.1, -0.05) is 41.9 Å². The molecule has 0 saturated heterocycles. The lowest BCUT2D eigenvalue weighted by Crippen LogP contribution is -2.47. The molecule has 0 aliphatic heterocycles. The van der Waals surface area contributed by atoms with E-state index < -0.39 is 6.04 Å². The van der Waals surface area contributed by atoms with Crippen LogP contribution in [0.1, 0.15) is 39.2 Å². The van der Waals surface area contributed by atoms with Crippen molar-refractivity contribution in [3.8, 4) is 0 Å². The van der Waals surface area contributed by atoms with Crippen LogP contribution < -0.4 is 5.32 Å². The smallest absolute Gasteiger partial charge is 0.242 e. The maximum atomic E-state index is 12.2. The first-order valence-electron chi connectivity index (χ1n) is 7.31. The van der Waals surface area contributed by atoms with Crippen molar-refractivity contribution in [2.45, 2.75) is 46.2 Å². The summed E-state index contributed by atoms with van der Waals surface area (Å²) in [4.78, 5) is 25.9. The van der Waals surface area contributed by atoms with Gasteiger partial charge in [-0.05, 0) is 31.0 Å². The molecule has 4 nitrogen and oxygen atoms in total. The maximum Gasteiger partial charge on any atom is 0.242 e. The molecule has 1 atom stereocenters. The first-order valence-corrected chi connectivity index (χ1v) is 8.10. The van der Waals surface area contributed by atoms with Gasteiger partial charge in [0.05, 0.1) is 0 Å². The number of carbonyl (C=O) groups excluding carboxylic acids is 2. The lowest BCUT2D eigenvalue weighted by molar-refractivity contribution is -0.140. The lowest BCUT2D eigenvalue weighted by Gasteiger charge is -2.28. The number of carbonyl (C=O) groups is 2. The molecule has 1 N–H and O–H groups in total. The summed E-state index contributed by atoms with van der Waals surface area (Å²) in [5.74, 6) is -0.122. The summed E-state index contributed by atoms with van der Waals surface area (Å²) in [6.45, 7) is 6.66. The minimum Gasteiger partial charge on any atom is -0.354 e. The molecule has 0 bridgehead atoms. The zero-order valence-corrected chi connectivity index (χ0v) is 14.4. The van der Waals surface area contributed by atoms with E-state index in [0.717, 1.165) is 16.5 Å². The SMILES string of the molecule is CCCNC(=O)[C@@H](C)N(Cc1cccc(Br)c1)C(=O)CC. The third-order valence-electron chi connectivity index (χ3n) is 3.26. The summed E-state index contributed by atoms with van der Waals surface area (Å²) < 4.78 is 0.965. The Morgan fingerprint density at radius 2 is 2.05 bits per heavy atom. The van der Waals surface area contributed by atoms with E-state index >= 15 is 0 Å². The van der Waals surface area contributed by atoms with Gasteiger partial charge in [0.15, 0.2) is 0 Å². The van der Waals surface area contributed by atoms with Gasteiger partial charge in [-0.2, -0.15) is 0 Å². The number of halogens is 1. The highest BCUT2D eigenvalue weighted by molar-refractivity contribution is 9.10. The Morgan fingerprint density at radius 3 is 2.62 bits per heavy atom. The lowest BCUT2D eigenvalue weighted by atomic mass is 10.1. The predicted octanol–water partition coefficient (Wildman–Crippen LogP) is 3.10. The van der Waals surface area contributed by atoms with Gasteiger partial charge in [-0.25, -0.2) is 0 Å². The fourth-order valence-corrected chi connectivity index (χ4v) is 2.46. The quantitative estimate of drug-likeness (QED) is 0.817. The van der Waals surface area contributed by atoms with Crippen LogP contribution in [-0.4, -0.2) is 29.3 Å². The van der Waals surface area contributed by atoms with Crippen LogP contribution in [0.2, 0.25) is 0 Å². The topological polar surface area (TPSA) is 49.4 Å². The van der Waals surface area contributed by atoms with E-state index in [2.05, 4.69) is 21.2 Å². The Hall–Kier alpha value is -1.36. The van der Waals surface area contributed by atoms with Crippen molar-refractivity contribution in [1.29, 1.82) is 0 Å². The Bertz CT molecular complexity index is 491. The third kappa shape index (κ3) is 5.50. The van der Waals surface area contributed by atoms with Gasteiger partial charge in [0.25, 0.3) is 0 Å². The summed E-state index contributed by atoms with van der Waals surface area (Å²) in [6.07, 6.45) is 1.27. The van der Waals surface area contributed by atoms with E-state index in [0.29, 0.717) is 19.5 Å². The largest absolute Gasteiger partial charge is 0.354 e. The van der Waals surface area contributed by atoms with E-state index in [9.17, 15) is 9.59 Å². The van der Waals surface area contributed by atoms with Gasteiger partial charge in [-0.15, -0.1) is 0 Å². The normalized spacial score (nSPS) is 11.8. The van der Waals surface area contributed by atoms with Crippen LogP contribution in [0.3, 0.4) is 0 Å². The molecular formula is C16H23BrN2O2. The van der Waals surface area contributed by atoms with Gasteiger partial charge in [0.1, 0.15) is 6.04 Å². The minimum absolute atomic E-state index is 0.0193. The number of hydrogen-bond acceptors (Lipinski definition) is 2. The Balaban J connectivity index is 2.85. The molecular weight excluding hydrogens is 332 g/mol.